The first kappa shape index (κ1) is 19.0. The van der Waals surface area contributed by atoms with E-state index in [1.54, 1.807) is 12.1 Å². The van der Waals surface area contributed by atoms with Crippen LogP contribution in [-0.2, 0) is 4.74 Å². The van der Waals surface area contributed by atoms with Crippen molar-refractivity contribution in [3.8, 4) is 0 Å². The molecule has 23 heavy (non-hydrogen) atoms. The molecule has 0 aliphatic rings. The van der Waals surface area contributed by atoms with Crippen LogP contribution >= 0.6 is 0 Å². The maximum absolute atomic E-state index is 11.9. The van der Waals surface area contributed by atoms with Crippen molar-refractivity contribution in [1.82, 2.24) is 16.0 Å². The summed E-state index contributed by atoms with van der Waals surface area (Å²) in [6, 6.07) is 9.22. The second-order valence-corrected chi connectivity index (χ2v) is 4.86. The Bertz CT molecular complexity index is 463. The topological polar surface area (TPSA) is 74.8 Å². The molecule has 0 saturated heterocycles. The summed E-state index contributed by atoms with van der Waals surface area (Å²) in [5.41, 5.74) is 0.682. The zero-order chi connectivity index (χ0) is 16.8. The lowest BCUT2D eigenvalue weighted by Crippen LogP contribution is -2.39. The fourth-order valence-electron chi connectivity index (χ4n) is 1.89. The molecular weight excluding hydrogens is 292 g/mol. The van der Waals surface area contributed by atoms with Gasteiger partial charge in [0.25, 0.3) is 5.91 Å². The average molecular weight is 320 g/mol. The third-order valence-electron chi connectivity index (χ3n) is 3.01. The van der Waals surface area contributed by atoms with Crippen LogP contribution in [0.3, 0.4) is 0 Å². The van der Waals surface area contributed by atoms with Gasteiger partial charge in [0.15, 0.2) is 5.96 Å². The van der Waals surface area contributed by atoms with Gasteiger partial charge in [0.2, 0.25) is 0 Å². The predicted molar refractivity (Wildman–Crippen MR) is 93.9 cm³/mol. The first-order valence-corrected chi connectivity index (χ1v) is 8.21. The maximum Gasteiger partial charge on any atom is 0.251 e. The fraction of sp³-hybridized carbons (Fsp3) is 0.529. The summed E-state index contributed by atoms with van der Waals surface area (Å²) in [5, 5.41) is 9.28. The highest BCUT2D eigenvalue weighted by atomic mass is 16.5. The van der Waals surface area contributed by atoms with Gasteiger partial charge in [-0.25, -0.2) is 0 Å². The predicted octanol–water partition coefficient (Wildman–Crippen LogP) is 1.40. The van der Waals surface area contributed by atoms with E-state index in [0.717, 1.165) is 32.1 Å². The molecule has 0 aromatic heterocycles. The Kier molecular flexibility index (Phi) is 10.3. The highest BCUT2D eigenvalue weighted by Crippen LogP contribution is 1.97. The van der Waals surface area contributed by atoms with Gasteiger partial charge in [-0.05, 0) is 32.4 Å². The zero-order valence-electron chi connectivity index (χ0n) is 14.1. The average Bonchev–Trinajstić information content (AvgIpc) is 2.58. The van der Waals surface area contributed by atoms with Gasteiger partial charge < -0.3 is 20.7 Å². The molecule has 0 aliphatic heterocycles. The van der Waals surface area contributed by atoms with Crippen molar-refractivity contribution in [3.63, 3.8) is 0 Å². The number of carbonyl (C=O) groups is 1. The number of carbonyl (C=O) groups excluding carboxylic acids is 1. The number of nitrogens with one attached hydrogen (secondary N) is 3. The standard InChI is InChI=1S/C17H28N4O2/c1-3-18-17(21-13-14-23-4-2)20-12-8-11-19-16(22)15-9-6-5-7-10-15/h5-7,9-10H,3-4,8,11-14H2,1-2H3,(H,19,22)(H2,18,20,21). The van der Waals surface area contributed by atoms with Crippen molar-refractivity contribution in [2.45, 2.75) is 20.3 Å². The third kappa shape index (κ3) is 8.83. The van der Waals surface area contributed by atoms with Gasteiger partial charge in [0.05, 0.1) is 6.61 Å². The molecule has 1 aromatic carbocycles. The summed E-state index contributed by atoms with van der Waals surface area (Å²) in [6.07, 6.45) is 0.792. The number of hydrogen-bond donors (Lipinski definition) is 3. The number of hydrogen-bond acceptors (Lipinski definition) is 3. The van der Waals surface area contributed by atoms with Crippen LogP contribution in [0.5, 0.6) is 0 Å². The lowest BCUT2D eigenvalue weighted by molar-refractivity contribution is 0.0953. The molecule has 3 N–H and O–H groups in total. The van der Waals surface area contributed by atoms with Gasteiger partial charge in [-0.1, -0.05) is 18.2 Å². The van der Waals surface area contributed by atoms with Crippen LogP contribution in [0, 0.1) is 0 Å². The second kappa shape index (κ2) is 12.5. The van der Waals surface area contributed by atoms with E-state index in [4.69, 9.17) is 4.74 Å². The van der Waals surface area contributed by atoms with Crippen molar-refractivity contribution in [3.05, 3.63) is 35.9 Å². The number of aliphatic imine (C=N–C) groups is 1. The van der Waals surface area contributed by atoms with Gasteiger partial charge >= 0.3 is 0 Å². The fourth-order valence-corrected chi connectivity index (χ4v) is 1.89. The summed E-state index contributed by atoms with van der Waals surface area (Å²) < 4.78 is 5.28. The van der Waals surface area contributed by atoms with Crippen molar-refractivity contribution < 1.29 is 9.53 Å². The molecule has 6 heteroatoms. The Balaban J connectivity index is 2.22. The first-order chi connectivity index (χ1) is 11.3. The van der Waals surface area contributed by atoms with Crippen LogP contribution in [0.4, 0.5) is 0 Å². The highest BCUT2D eigenvalue weighted by Gasteiger charge is 2.02. The first-order valence-electron chi connectivity index (χ1n) is 8.21. The summed E-state index contributed by atoms with van der Waals surface area (Å²) in [7, 11) is 0. The molecule has 1 aromatic rings. The van der Waals surface area contributed by atoms with E-state index in [2.05, 4.69) is 20.9 Å². The molecule has 0 unspecified atom stereocenters. The molecule has 128 valence electrons. The van der Waals surface area contributed by atoms with Crippen molar-refractivity contribution in [1.29, 1.82) is 0 Å². The smallest absolute Gasteiger partial charge is 0.251 e. The SMILES string of the molecule is CCNC(=NCCCNC(=O)c1ccccc1)NCCOCC. The van der Waals surface area contributed by atoms with Crippen LogP contribution in [0.2, 0.25) is 0 Å². The Morgan fingerprint density at radius 3 is 2.57 bits per heavy atom. The van der Waals surface area contributed by atoms with E-state index in [1.807, 2.05) is 32.0 Å². The number of amides is 1. The van der Waals surface area contributed by atoms with Crippen molar-refractivity contribution in [2.24, 2.45) is 4.99 Å². The normalized spacial score (nSPS) is 11.1. The lowest BCUT2D eigenvalue weighted by Gasteiger charge is -2.11. The largest absolute Gasteiger partial charge is 0.380 e. The minimum absolute atomic E-state index is 0.0451. The zero-order valence-corrected chi connectivity index (χ0v) is 14.1. The third-order valence-corrected chi connectivity index (χ3v) is 3.01. The molecule has 0 aliphatic carbocycles. The van der Waals surface area contributed by atoms with Crippen LogP contribution in [-0.4, -0.2) is 51.3 Å². The van der Waals surface area contributed by atoms with E-state index < -0.39 is 0 Å². The van der Waals surface area contributed by atoms with E-state index in [1.165, 1.54) is 0 Å². The molecule has 1 rings (SSSR count). The molecule has 0 saturated carbocycles. The molecule has 0 radical (unpaired) electrons. The molecule has 0 fully saturated rings. The summed E-state index contributed by atoms with van der Waals surface area (Å²) in [4.78, 5) is 16.3. The Morgan fingerprint density at radius 2 is 1.87 bits per heavy atom. The van der Waals surface area contributed by atoms with E-state index in [-0.39, 0.29) is 5.91 Å². The Morgan fingerprint density at radius 1 is 1.09 bits per heavy atom. The minimum atomic E-state index is -0.0451. The van der Waals surface area contributed by atoms with Gasteiger partial charge in [-0.15, -0.1) is 0 Å². The monoisotopic (exact) mass is 320 g/mol. The Hall–Kier alpha value is -2.08. The van der Waals surface area contributed by atoms with Crippen LogP contribution in [0.25, 0.3) is 0 Å². The lowest BCUT2D eigenvalue weighted by atomic mass is 10.2. The van der Waals surface area contributed by atoms with Gasteiger partial charge in [0.1, 0.15) is 0 Å². The van der Waals surface area contributed by atoms with E-state index in [9.17, 15) is 4.79 Å². The quantitative estimate of drug-likeness (QED) is 0.346. The second-order valence-electron chi connectivity index (χ2n) is 4.86. The summed E-state index contributed by atoms with van der Waals surface area (Å²) in [5.74, 6) is 0.734. The van der Waals surface area contributed by atoms with Crippen LogP contribution < -0.4 is 16.0 Å². The molecule has 0 spiro atoms. The van der Waals surface area contributed by atoms with Crippen molar-refractivity contribution in [2.75, 3.05) is 39.4 Å². The van der Waals surface area contributed by atoms with Crippen LogP contribution in [0.15, 0.2) is 35.3 Å². The van der Waals surface area contributed by atoms with Gasteiger partial charge in [-0.2, -0.15) is 0 Å². The Labute approximate surface area is 138 Å². The highest BCUT2D eigenvalue weighted by molar-refractivity contribution is 5.94. The number of rotatable bonds is 10. The number of nitrogens with zero attached hydrogens (tertiary/aromatic N) is 1. The molecular formula is C17H28N4O2. The number of guanidine groups is 1. The van der Waals surface area contributed by atoms with Crippen LogP contribution in [0.1, 0.15) is 30.6 Å². The molecule has 0 atom stereocenters. The van der Waals surface area contributed by atoms with E-state index in [0.29, 0.717) is 25.3 Å². The maximum atomic E-state index is 11.9. The molecule has 0 bridgehead atoms. The summed E-state index contributed by atoms with van der Waals surface area (Å²) >= 11 is 0. The minimum Gasteiger partial charge on any atom is -0.380 e. The van der Waals surface area contributed by atoms with Crippen molar-refractivity contribution >= 4 is 11.9 Å². The number of ether oxygens (including phenoxy) is 1. The molecule has 6 nitrogen and oxygen atoms in total. The van der Waals surface area contributed by atoms with Gasteiger partial charge in [-0.3, -0.25) is 9.79 Å². The number of benzene rings is 1. The van der Waals surface area contributed by atoms with E-state index >= 15 is 0 Å². The molecule has 1 amide bonds. The van der Waals surface area contributed by atoms with Gasteiger partial charge in [0, 0.05) is 38.3 Å². The molecule has 0 heterocycles. The summed E-state index contributed by atoms with van der Waals surface area (Å²) in [6.45, 7) is 8.18.